The molecule has 0 aromatic heterocycles. The van der Waals surface area contributed by atoms with Crippen LogP contribution in [-0.4, -0.2) is 16.0 Å². The molecule has 0 heterocycles. The molecule has 2 rings (SSSR count). The summed E-state index contributed by atoms with van der Waals surface area (Å²) in [5.74, 6) is -2.87. The van der Waals surface area contributed by atoms with E-state index in [2.05, 4.69) is 0 Å². The van der Waals surface area contributed by atoms with Crippen molar-refractivity contribution in [1.82, 2.24) is 0 Å². The molecule has 0 bridgehead atoms. The Kier molecular flexibility index (Phi) is 4.27. The van der Waals surface area contributed by atoms with Gasteiger partial charge in [-0.25, -0.2) is 4.39 Å². The Morgan fingerprint density at radius 2 is 1.95 bits per heavy atom. The number of rotatable bonds is 5. The lowest BCUT2D eigenvalue weighted by atomic mass is 9.91. The van der Waals surface area contributed by atoms with E-state index in [1.165, 1.54) is 36.4 Å². The Labute approximate surface area is 119 Å². The highest BCUT2D eigenvalue weighted by Crippen LogP contribution is 2.25. The third-order valence-corrected chi connectivity index (χ3v) is 3.14. The van der Waals surface area contributed by atoms with Crippen LogP contribution in [-0.2, 0) is 11.2 Å². The second-order valence-corrected chi connectivity index (χ2v) is 4.54. The lowest BCUT2D eigenvalue weighted by Gasteiger charge is -2.13. The SMILES string of the molecule is O=C(O)C(Cc1cccc([N+](=O)[O-])c1)c1ccccc1F. The number of halogens is 1. The molecule has 6 heteroatoms. The van der Waals surface area contributed by atoms with E-state index in [4.69, 9.17) is 0 Å². The van der Waals surface area contributed by atoms with E-state index >= 15 is 0 Å². The molecule has 0 spiro atoms. The van der Waals surface area contributed by atoms with Gasteiger partial charge in [0, 0.05) is 17.7 Å². The highest BCUT2D eigenvalue weighted by Gasteiger charge is 2.23. The maximum Gasteiger partial charge on any atom is 0.311 e. The summed E-state index contributed by atoms with van der Waals surface area (Å²) in [6, 6.07) is 11.3. The number of nitro groups is 1. The molecule has 0 radical (unpaired) electrons. The molecule has 5 nitrogen and oxygen atoms in total. The van der Waals surface area contributed by atoms with Crippen molar-refractivity contribution in [3.05, 3.63) is 75.6 Å². The van der Waals surface area contributed by atoms with Crippen molar-refractivity contribution < 1.29 is 19.2 Å². The average Bonchev–Trinajstić information content (AvgIpc) is 2.45. The molecule has 0 saturated heterocycles. The zero-order chi connectivity index (χ0) is 15.4. The Hall–Kier alpha value is -2.76. The monoisotopic (exact) mass is 289 g/mol. The molecule has 1 atom stereocenters. The summed E-state index contributed by atoms with van der Waals surface area (Å²) in [6.07, 6.45) is -0.0159. The molecule has 0 aliphatic carbocycles. The third-order valence-electron chi connectivity index (χ3n) is 3.14. The molecule has 108 valence electrons. The molecule has 0 fully saturated rings. The minimum Gasteiger partial charge on any atom is -0.481 e. The fourth-order valence-electron chi connectivity index (χ4n) is 2.12. The number of benzene rings is 2. The highest BCUT2D eigenvalue weighted by molar-refractivity contribution is 5.76. The number of nitrogens with zero attached hydrogens (tertiary/aromatic N) is 1. The smallest absolute Gasteiger partial charge is 0.311 e. The summed E-state index contributed by atoms with van der Waals surface area (Å²) in [5.41, 5.74) is 0.418. The van der Waals surface area contributed by atoms with Crippen LogP contribution in [0.3, 0.4) is 0 Å². The van der Waals surface area contributed by atoms with E-state index in [1.807, 2.05) is 0 Å². The van der Waals surface area contributed by atoms with Gasteiger partial charge in [0.15, 0.2) is 0 Å². The second-order valence-electron chi connectivity index (χ2n) is 4.54. The van der Waals surface area contributed by atoms with Crippen LogP contribution in [0, 0.1) is 15.9 Å². The van der Waals surface area contributed by atoms with E-state index in [-0.39, 0.29) is 17.7 Å². The van der Waals surface area contributed by atoms with Gasteiger partial charge in [0.2, 0.25) is 0 Å². The summed E-state index contributed by atoms with van der Waals surface area (Å²) in [4.78, 5) is 21.5. The van der Waals surface area contributed by atoms with Crippen LogP contribution in [0.4, 0.5) is 10.1 Å². The van der Waals surface area contributed by atoms with E-state index in [9.17, 15) is 24.4 Å². The number of hydrogen-bond acceptors (Lipinski definition) is 3. The zero-order valence-electron chi connectivity index (χ0n) is 10.9. The van der Waals surface area contributed by atoms with Gasteiger partial charge in [0.1, 0.15) is 5.82 Å². The van der Waals surface area contributed by atoms with Gasteiger partial charge in [-0.2, -0.15) is 0 Å². The minimum atomic E-state index is -1.17. The molecule has 0 aliphatic heterocycles. The van der Waals surface area contributed by atoms with Crippen LogP contribution in [0.25, 0.3) is 0 Å². The molecule has 0 amide bonds. The fourth-order valence-corrected chi connectivity index (χ4v) is 2.12. The number of hydrogen-bond donors (Lipinski definition) is 1. The lowest BCUT2D eigenvalue weighted by molar-refractivity contribution is -0.384. The number of nitro benzene ring substituents is 1. The van der Waals surface area contributed by atoms with Gasteiger partial charge < -0.3 is 5.11 Å². The van der Waals surface area contributed by atoms with E-state index < -0.39 is 22.6 Å². The number of carbonyl (C=O) groups is 1. The Balaban J connectivity index is 2.33. The van der Waals surface area contributed by atoms with Crippen molar-refractivity contribution in [1.29, 1.82) is 0 Å². The maximum atomic E-state index is 13.7. The lowest BCUT2D eigenvalue weighted by Crippen LogP contribution is -2.16. The molecule has 2 aromatic carbocycles. The largest absolute Gasteiger partial charge is 0.481 e. The van der Waals surface area contributed by atoms with Gasteiger partial charge in [0.05, 0.1) is 10.8 Å². The highest BCUT2D eigenvalue weighted by atomic mass is 19.1. The fraction of sp³-hybridized carbons (Fsp3) is 0.133. The quantitative estimate of drug-likeness (QED) is 0.677. The molecule has 1 N–H and O–H groups in total. The first-order valence-electron chi connectivity index (χ1n) is 6.19. The summed E-state index contributed by atoms with van der Waals surface area (Å²) < 4.78 is 13.7. The first kappa shape index (κ1) is 14.6. The first-order chi connectivity index (χ1) is 9.99. The predicted molar refractivity (Wildman–Crippen MR) is 73.6 cm³/mol. The molecular weight excluding hydrogens is 277 g/mol. The van der Waals surface area contributed by atoms with Crippen molar-refractivity contribution in [2.75, 3.05) is 0 Å². The van der Waals surface area contributed by atoms with Gasteiger partial charge in [-0.3, -0.25) is 14.9 Å². The first-order valence-corrected chi connectivity index (χ1v) is 6.19. The topological polar surface area (TPSA) is 80.4 Å². The van der Waals surface area contributed by atoms with Crippen molar-refractivity contribution in [3.63, 3.8) is 0 Å². The molecule has 21 heavy (non-hydrogen) atoms. The van der Waals surface area contributed by atoms with Gasteiger partial charge in [-0.1, -0.05) is 30.3 Å². The number of non-ortho nitro benzene ring substituents is 1. The van der Waals surface area contributed by atoms with Gasteiger partial charge in [-0.15, -0.1) is 0 Å². The summed E-state index contributed by atoms with van der Waals surface area (Å²) in [7, 11) is 0. The van der Waals surface area contributed by atoms with Crippen LogP contribution in [0.1, 0.15) is 17.0 Å². The van der Waals surface area contributed by atoms with Crippen LogP contribution >= 0.6 is 0 Å². The number of carboxylic acids is 1. The molecule has 1 unspecified atom stereocenters. The van der Waals surface area contributed by atoms with Crippen molar-refractivity contribution in [3.8, 4) is 0 Å². The molecular formula is C15H12FNO4. The normalized spacial score (nSPS) is 11.9. The summed E-state index contributed by atoms with van der Waals surface area (Å²) >= 11 is 0. The second kappa shape index (κ2) is 6.13. The molecule has 0 aliphatic rings. The summed E-state index contributed by atoms with van der Waals surface area (Å²) in [6.45, 7) is 0. The van der Waals surface area contributed by atoms with Crippen LogP contribution in [0.2, 0.25) is 0 Å². The van der Waals surface area contributed by atoms with Crippen LogP contribution in [0.15, 0.2) is 48.5 Å². The van der Waals surface area contributed by atoms with Gasteiger partial charge in [0.25, 0.3) is 5.69 Å². The van der Waals surface area contributed by atoms with E-state index in [0.717, 1.165) is 0 Å². The predicted octanol–water partition coefficient (Wildman–Crippen LogP) is 3.14. The zero-order valence-corrected chi connectivity index (χ0v) is 10.9. The van der Waals surface area contributed by atoms with Gasteiger partial charge in [-0.05, 0) is 18.1 Å². The van der Waals surface area contributed by atoms with Crippen molar-refractivity contribution in [2.24, 2.45) is 0 Å². The van der Waals surface area contributed by atoms with Crippen molar-refractivity contribution in [2.45, 2.75) is 12.3 Å². The van der Waals surface area contributed by atoms with Crippen molar-refractivity contribution >= 4 is 11.7 Å². The molecule has 0 saturated carbocycles. The Bertz CT molecular complexity index is 687. The Morgan fingerprint density at radius 1 is 1.24 bits per heavy atom. The standard InChI is InChI=1S/C15H12FNO4/c16-14-7-2-1-6-12(14)13(15(18)19)9-10-4-3-5-11(8-10)17(20)21/h1-8,13H,9H2,(H,18,19). The van der Waals surface area contributed by atoms with E-state index in [0.29, 0.717) is 5.56 Å². The third kappa shape index (κ3) is 3.42. The van der Waals surface area contributed by atoms with Gasteiger partial charge >= 0.3 is 5.97 Å². The number of aliphatic carboxylic acids is 1. The maximum absolute atomic E-state index is 13.7. The van der Waals surface area contributed by atoms with Crippen LogP contribution < -0.4 is 0 Å². The average molecular weight is 289 g/mol. The molecule has 2 aromatic rings. The Morgan fingerprint density at radius 3 is 2.57 bits per heavy atom. The summed E-state index contributed by atoms with van der Waals surface area (Å²) in [5, 5.41) is 20.0. The number of carboxylic acid groups (broad SMARTS) is 1. The minimum absolute atomic E-state index is 0.0159. The van der Waals surface area contributed by atoms with E-state index in [1.54, 1.807) is 12.1 Å². The van der Waals surface area contributed by atoms with Crippen LogP contribution in [0.5, 0.6) is 0 Å².